The van der Waals surface area contributed by atoms with E-state index in [1.807, 2.05) is 47.8 Å². The lowest BCUT2D eigenvalue weighted by atomic mass is 10.0. The fourth-order valence-electron chi connectivity index (χ4n) is 2.03. The summed E-state index contributed by atoms with van der Waals surface area (Å²) in [6.45, 7) is 0. The summed E-state index contributed by atoms with van der Waals surface area (Å²) in [5.41, 5.74) is 7.01. The van der Waals surface area contributed by atoms with Crippen molar-refractivity contribution in [1.82, 2.24) is 4.98 Å². The van der Waals surface area contributed by atoms with Crippen LogP contribution in [-0.4, -0.2) is 10.8 Å². The first kappa shape index (κ1) is 11.9. The van der Waals surface area contributed by atoms with E-state index in [0.717, 1.165) is 16.5 Å². The van der Waals surface area contributed by atoms with Crippen molar-refractivity contribution in [1.29, 1.82) is 0 Å². The van der Waals surface area contributed by atoms with Gasteiger partial charge >= 0.3 is 0 Å². The molecule has 3 nitrogen and oxygen atoms in total. The summed E-state index contributed by atoms with van der Waals surface area (Å²) in [5, 5.41) is 4.54. The summed E-state index contributed by atoms with van der Waals surface area (Å²) in [6, 6.07) is 13.8. The van der Waals surface area contributed by atoms with Gasteiger partial charge in [-0.05, 0) is 16.8 Å². The number of aromatic nitrogens is 1. The maximum Gasteiger partial charge on any atom is 0.180 e. The minimum atomic E-state index is 0.0658. The van der Waals surface area contributed by atoms with Crippen molar-refractivity contribution >= 4 is 33.0 Å². The van der Waals surface area contributed by atoms with Crippen LogP contribution < -0.4 is 5.73 Å². The molecule has 0 aliphatic heterocycles. The molecule has 3 aromatic rings. The molecule has 3 rings (SSSR count). The fraction of sp³-hybridized carbons (Fsp3) is 0.0667. The van der Waals surface area contributed by atoms with E-state index in [0.29, 0.717) is 17.1 Å². The molecule has 0 saturated carbocycles. The molecule has 0 aliphatic carbocycles. The standard InChI is InChI=1S/C15H12N2OS/c16-15-17-13(9-19-15)8-14(18)12-6-5-10-3-1-2-4-11(10)7-12/h1-7,9H,8H2,(H2,16,17). The van der Waals surface area contributed by atoms with Crippen LogP contribution in [0.25, 0.3) is 10.8 Å². The normalized spacial score (nSPS) is 10.7. The highest BCUT2D eigenvalue weighted by Gasteiger charge is 2.10. The number of fused-ring (bicyclic) bond motifs is 1. The van der Waals surface area contributed by atoms with E-state index in [1.54, 1.807) is 0 Å². The van der Waals surface area contributed by atoms with Gasteiger partial charge in [-0.3, -0.25) is 4.79 Å². The fourth-order valence-corrected chi connectivity index (χ4v) is 2.60. The minimum Gasteiger partial charge on any atom is -0.375 e. The Morgan fingerprint density at radius 3 is 2.68 bits per heavy atom. The zero-order valence-electron chi connectivity index (χ0n) is 10.2. The average Bonchev–Trinajstić information content (AvgIpc) is 2.83. The molecule has 2 aromatic carbocycles. The molecule has 0 unspecified atom stereocenters. The summed E-state index contributed by atoms with van der Waals surface area (Å²) in [5.74, 6) is 0.0658. The van der Waals surface area contributed by atoms with Crippen LogP contribution in [0.5, 0.6) is 0 Å². The number of carbonyl (C=O) groups is 1. The molecule has 1 aromatic heterocycles. The number of rotatable bonds is 3. The number of nitrogens with zero attached hydrogens (tertiary/aromatic N) is 1. The zero-order valence-corrected chi connectivity index (χ0v) is 11.0. The molecule has 19 heavy (non-hydrogen) atoms. The van der Waals surface area contributed by atoms with Gasteiger partial charge < -0.3 is 5.73 Å². The highest BCUT2D eigenvalue weighted by atomic mass is 32.1. The molecular formula is C15H12N2OS. The Balaban J connectivity index is 1.89. The summed E-state index contributed by atoms with van der Waals surface area (Å²) >= 11 is 1.36. The molecule has 0 bridgehead atoms. The lowest BCUT2D eigenvalue weighted by Crippen LogP contribution is -2.03. The number of Topliss-reactive ketones (excluding diaryl/α,β-unsaturated/α-hetero) is 1. The number of ketones is 1. The van der Waals surface area contributed by atoms with Gasteiger partial charge in [0, 0.05) is 10.9 Å². The molecule has 2 N–H and O–H groups in total. The van der Waals surface area contributed by atoms with E-state index in [4.69, 9.17) is 5.73 Å². The van der Waals surface area contributed by atoms with Gasteiger partial charge in [0.05, 0.1) is 12.1 Å². The first-order valence-electron chi connectivity index (χ1n) is 5.94. The van der Waals surface area contributed by atoms with Gasteiger partial charge in [-0.2, -0.15) is 0 Å². The number of carbonyl (C=O) groups excluding carboxylic acids is 1. The Morgan fingerprint density at radius 2 is 1.95 bits per heavy atom. The number of hydrogen-bond donors (Lipinski definition) is 1. The summed E-state index contributed by atoms with van der Waals surface area (Å²) in [7, 11) is 0. The Kier molecular flexibility index (Phi) is 3.01. The van der Waals surface area contributed by atoms with Crippen LogP contribution in [-0.2, 0) is 6.42 Å². The summed E-state index contributed by atoms with van der Waals surface area (Å²) in [6.07, 6.45) is 0.298. The predicted octanol–water partition coefficient (Wildman–Crippen LogP) is 3.30. The van der Waals surface area contributed by atoms with E-state index >= 15 is 0 Å². The monoisotopic (exact) mass is 268 g/mol. The van der Waals surface area contributed by atoms with Gasteiger partial charge in [-0.15, -0.1) is 11.3 Å². The number of nitrogen functional groups attached to an aromatic ring is 1. The molecule has 0 amide bonds. The van der Waals surface area contributed by atoms with Crippen LogP contribution in [0, 0.1) is 0 Å². The van der Waals surface area contributed by atoms with Gasteiger partial charge in [0.2, 0.25) is 0 Å². The van der Waals surface area contributed by atoms with Gasteiger partial charge in [0.25, 0.3) is 0 Å². The van der Waals surface area contributed by atoms with Gasteiger partial charge in [-0.25, -0.2) is 4.98 Å². The first-order chi connectivity index (χ1) is 9.22. The number of hydrogen-bond acceptors (Lipinski definition) is 4. The highest BCUT2D eigenvalue weighted by Crippen LogP contribution is 2.18. The molecule has 94 valence electrons. The number of nitrogens with two attached hydrogens (primary N) is 1. The second kappa shape index (κ2) is 4.82. The van der Waals surface area contributed by atoms with Crippen LogP contribution in [0.2, 0.25) is 0 Å². The topological polar surface area (TPSA) is 56.0 Å². The predicted molar refractivity (Wildman–Crippen MR) is 78.5 cm³/mol. The molecule has 0 aliphatic rings. The van der Waals surface area contributed by atoms with E-state index < -0.39 is 0 Å². The lowest BCUT2D eigenvalue weighted by Gasteiger charge is -2.02. The molecule has 0 fully saturated rings. The number of anilines is 1. The van der Waals surface area contributed by atoms with Gasteiger partial charge in [-0.1, -0.05) is 36.4 Å². The Bertz CT molecular complexity index is 748. The van der Waals surface area contributed by atoms with Crippen molar-refractivity contribution in [2.45, 2.75) is 6.42 Å². The molecule has 0 atom stereocenters. The third kappa shape index (κ3) is 2.48. The maximum atomic E-state index is 12.2. The van der Waals surface area contributed by atoms with Crippen molar-refractivity contribution in [3.8, 4) is 0 Å². The summed E-state index contributed by atoms with van der Waals surface area (Å²) in [4.78, 5) is 16.3. The Morgan fingerprint density at radius 1 is 1.16 bits per heavy atom. The van der Waals surface area contributed by atoms with Crippen molar-refractivity contribution in [2.75, 3.05) is 5.73 Å². The molecule has 1 heterocycles. The zero-order chi connectivity index (χ0) is 13.2. The second-order valence-corrected chi connectivity index (χ2v) is 5.23. The van der Waals surface area contributed by atoms with Crippen LogP contribution in [0.1, 0.15) is 16.1 Å². The molecule has 0 saturated heterocycles. The van der Waals surface area contributed by atoms with Crippen molar-refractivity contribution in [2.24, 2.45) is 0 Å². The van der Waals surface area contributed by atoms with E-state index in [-0.39, 0.29) is 5.78 Å². The lowest BCUT2D eigenvalue weighted by molar-refractivity contribution is 0.0992. The van der Waals surface area contributed by atoms with Crippen LogP contribution in [0.4, 0.5) is 5.13 Å². The van der Waals surface area contributed by atoms with E-state index in [9.17, 15) is 4.79 Å². The largest absolute Gasteiger partial charge is 0.375 e. The molecule has 0 spiro atoms. The maximum absolute atomic E-state index is 12.2. The van der Waals surface area contributed by atoms with Crippen molar-refractivity contribution in [3.05, 3.63) is 59.1 Å². The third-order valence-electron chi connectivity index (χ3n) is 2.98. The molecule has 4 heteroatoms. The first-order valence-corrected chi connectivity index (χ1v) is 6.82. The number of thiazole rings is 1. The molecule has 0 radical (unpaired) electrons. The SMILES string of the molecule is Nc1nc(CC(=O)c2ccc3ccccc3c2)cs1. The van der Waals surface area contributed by atoms with Gasteiger partial charge in [0.1, 0.15) is 0 Å². The second-order valence-electron chi connectivity index (χ2n) is 4.34. The minimum absolute atomic E-state index is 0.0658. The number of benzene rings is 2. The third-order valence-corrected chi connectivity index (χ3v) is 3.71. The molecular weight excluding hydrogens is 256 g/mol. The quantitative estimate of drug-likeness (QED) is 0.741. The van der Waals surface area contributed by atoms with Crippen LogP contribution in [0.15, 0.2) is 47.8 Å². The van der Waals surface area contributed by atoms with Crippen LogP contribution >= 0.6 is 11.3 Å². The van der Waals surface area contributed by atoms with Crippen molar-refractivity contribution in [3.63, 3.8) is 0 Å². The van der Waals surface area contributed by atoms with Crippen molar-refractivity contribution < 1.29 is 4.79 Å². The Labute approximate surface area is 114 Å². The average molecular weight is 268 g/mol. The van der Waals surface area contributed by atoms with Gasteiger partial charge in [0.15, 0.2) is 10.9 Å². The highest BCUT2D eigenvalue weighted by molar-refractivity contribution is 7.13. The van der Waals surface area contributed by atoms with Crippen LogP contribution in [0.3, 0.4) is 0 Å². The van der Waals surface area contributed by atoms with E-state index in [1.165, 1.54) is 11.3 Å². The Hall–Kier alpha value is -2.20. The smallest absolute Gasteiger partial charge is 0.180 e. The van der Waals surface area contributed by atoms with E-state index in [2.05, 4.69) is 4.98 Å². The summed E-state index contributed by atoms with van der Waals surface area (Å²) < 4.78 is 0.